The summed E-state index contributed by atoms with van der Waals surface area (Å²) in [6, 6.07) is 3.99. The summed E-state index contributed by atoms with van der Waals surface area (Å²) in [4.78, 5) is 12.8. The standard InChI is InChI=1S/C15H18BrFN2OS/c16-12-9-10(17)5-6-11(12)13(20)19-15(14(18)21)7-3-1-2-4-8-15/h5-6,9H,1-4,7-8H2,(H2,18,21)(H,19,20). The Morgan fingerprint density at radius 1 is 1.29 bits per heavy atom. The first-order chi connectivity index (χ1) is 9.94. The number of rotatable bonds is 3. The van der Waals surface area contributed by atoms with E-state index in [-0.39, 0.29) is 5.91 Å². The smallest absolute Gasteiger partial charge is 0.253 e. The first-order valence-electron chi connectivity index (χ1n) is 7.02. The second-order valence-electron chi connectivity index (χ2n) is 5.44. The van der Waals surface area contributed by atoms with Gasteiger partial charge in [0.25, 0.3) is 5.91 Å². The highest BCUT2D eigenvalue weighted by molar-refractivity contribution is 9.10. The van der Waals surface area contributed by atoms with Gasteiger partial charge in [-0.2, -0.15) is 0 Å². The van der Waals surface area contributed by atoms with Gasteiger partial charge < -0.3 is 11.1 Å². The number of hydrogen-bond acceptors (Lipinski definition) is 2. The number of hydrogen-bond donors (Lipinski definition) is 2. The molecule has 0 aromatic heterocycles. The largest absolute Gasteiger partial charge is 0.391 e. The molecular weight excluding hydrogens is 355 g/mol. The molecule has 114 valence electrons. The Bertz CT molecular complexity index is 557. The molecule has 0 radical (unpaired) electrons. The first kappa shape index (κ1) is 16.4. The highest BCUT2D eigenvalue weighted by Crippen LogP contribution is 2.28. The van der Waals surface area contributed by atoms with Crippen molar-refractivity contribution in [1.29, 1.82) is 0 Å². The zero-order chi connectivity index (χ0) is 15.5. The van der Waals surface area contributed by atoms with Gasteiger partial charge in [-0.3, -0.25) is 4.79 Å². The summed E-state index contributed by atoms with van der Waals surface area (Å²) in [5, 5.41) is 2.99. The Balaban J connectivity index is 2.24. The van der Waals surface area contributed by atoms with E-state index in [0.717, 1.165) is 38.5 Å². The summed E-state index contributed by atoms with van der Waals surface area (Å²) in [6.45, 7) is 0. The van der Waals surface area contributed by atoms with Gasteiger partial charge in [-0.15, -0.1) is 0 Å². The fourth-order valence-corrected chi connectivity index (χ4v) is 3.51. The molecule has 3 N–H and O–H groups in total. The van der Waals surface area contributed by atoms with Gasteiger partial charge in [0.05, 0.1) is 16.1 Å². The summed E-state index contributed by atoms with van der Waals surface area (Å²) >= 11 is 8.42. The van der Waals surface area contributed by atoms with E-state index >= 15 is 0 Å². The number of nitrogens with one attached hydrogen (secondary N) is 1. The predicted molar refractivity (Wildman–Crippen MR) is 88.8 cm³/mol. The molecule has 21 heavy (non-hydrogen) atoms. The molecule has 2 rings (SSSR count). The van der Waals surface area contributed by atoms with Crippen molar-refractivity contribution in [2.75, 3.05) is 0 Å². The quantitative estimate of drug-likeness (QED) is 0.628. The molecule has 0 spiro atoms. The Morgan fingerprint density at radius 3 is 2.43 bits per heavy atom. The molecule has 0 aliphatic heterocycles. The van der Waals surface area contributed by atoms with Crippen molar-refractivity contribution in [2.45, 2.75) is 44.1 Å². The lowest BCUT2D eigenvalue weighted by atomic mass is 9.89. The number of benzene rings is 1. The lowest BCUT2D eigenvalue weighted by Crippen LogP contribution is -2.56. The monoisotopic (exact) mass is 372 g/mol. The Labute approximate surface area is 137 Å². The van der Waals surface area contributed by atoms with Crippen molar-refractivity contribution >= 4 is 39.0 Å². The maximum absolute atomic E-state index is 13.1. The van der Waals surface area contributed by atoms with Gasteiger partial charge in [-0.1, -0.05) is 37.9 Å². The molecule has 1 aromatic carbocycles. The van der Waals surface area contributed by atoms with Gasteiger partial charge in [-0.25, -0.2) is 4.39 Å². The molecule has 6 heteroatoms. The van der Waals surface area contributed by atoms with Gasteiger partial charge in [0, 0.05) is 4.47 Å². The van der Waals surface area contributed by atoms with Gasteiger partial charge in [0.15, 0.2) is 0 Å². The highest BCUT2D eigenvalue weighted by atomic mass is 79.9. The van der Waals surface area contributed by atoms with Gasteiger partial charge in [0.2, 0.25) is 0 Å². The van der Waals surface area contributed by atoms with E-state index < -0.39 is 11.4 Å². The summed E-state index contributed by atoms with van der Waals surface area (Å²) in [7, 11) is 0. The number of nitrogens with two attached hydrogens (primary N) is 1. The van der Waals surface area contributed by atoms with Crippen LogP contribution in [-0.2, 0) is 0 Å². The van der Waals surface area contributed by atoms with Crippen molar-refractivity contribution in [2.24, 2.45) is 5.73 Å². The van der Waals surface area contributed by atoms with Crippen LogP contribution < -0.4 is 11.1 Å². The zero-order valence-corrected chi connectivity index (χ0v) is 14.0. The SMILES string of the molecule is NC(=S)C1(NC(=O)c2ccc(F)cc2Br)CCCCCC1. The third-order valence-corrected chi connectivity index (χ3v) is 5.00. The van der Waals surface area contributed by atoms with Crippen molar-refractivity contribution in [3.63, 3.8) is 0 Å². The third kappa shape index (κ3) is 3.80. The number of carbonyl (C=O) groups is 1. The molecule has 1 aliphatic carbocycles. The van der Waals surface area contributed by atoms with Crippen LogP contribution in [0.2, 0.25) is 0 Å². The van der Waals surface area contributed by atoms with E-state index in [1.54, 1.807) is 0 Å². The topological polar surface area (TPSA) is 55.1 Å². The number of thiocarbonyl (C=S) groups is 1. The summed E-state index contributed by atoms with van der Waals surface area (Å²) in [5.41, 5.74) is 5.66. The second-order valence-corrected chi connectivity index (χ2v) is 6.73. The van der Waals surface area contributed by atoms with E-state index in [1.165, 1.54) is 18.2 Å². The van der Waals surface area contributed by atoms with E-state index in [1.807, 2.05) is 0 Å². The predicted octanol–water partition coefficient (Wildman–Crippen LogP) is 3.70. The van der Waals surface area contributed by atoms with Gasteiger partial charge in [0.1, 0.15) is 5.82 Å². The van der Waals surface area contributed by atoms with Crippen molar-refractivity contribution in [3.05, 3.63) is 34.1 Å². The highest BCUT2D eigenvalue weighted by Gasteiger charge is 2.36. The van der Waals surface area contributed by atoms with E-state index in [2.05, 4.69) is 21.2 Å². The van der Waals surface area contributed by atoms with Crippen LogP contribution in [0.1, 0.15) is 48.9 Å². The van der Waals surface area contributed by atoms with Crippen LogP contribution in [0.4, 0.5) is 4.39 Å². The van der Waals surface area contributed by atoms with Crippen LogP contribution in [0.15, 0.2) is 22.7 Å². The average Bonchev–Trinajstić information content (AvgIpc) is 2.65. The van der Waals surface area contributed by atoms with Crippen molar-refractivity contribution in [1.82, 2.24) is 5.32 Å². The molecule has 3 nitrogen and oxygen atoms in total. The number of amides is 1. The maximum atomic E-state index is 13.1. The van der Waals surface area contributed by atoms with Crippen LogP contribution >= 0.6 is 28.1 Å². The summed E-state index contributed by atoms with van der Waals surface area (Å²) < 4.78 is 13.5. The minimum Gasteiger partial charge on any atom is -0.391 e. The zero-order valence-electron chi connectivity index (χ0n) is 11.6. The van der Waals surface area contributed by atoms with Crippen LogP contribution in [-0.4, -0.2) is 16.4 Å². The van der Waals surface area contributed by atoms with Crippen LogP contribution in [0.5, 0.6) is 0 Å². The fraction of sp³-hybridized carbons (Fsp3) is 0.467. The third-order valence-electron chi connectivity index (χ3n) is 3.96. The summed E-state index contributed by atoms with van der Waals surface area (Å²) in [5.74, 6) is -0.673. The van der Waals surface area contributed by atoms with Crippen LogP contribution in [0.3, 0.4) is 0 Å². The fourth-order valence-electron chi connectivity index (χ4n) is 2.72. The maximum Gasteiger partial charge on any atom is 0.253 e. The van der Waals surface area contributed by atoms with E-state index in [0.29, 0.717) is 15.0 Å². The first-order valence-corrected chi connectivity index (χ1v) is 8.22. The molecule has 1 aliphatic rings. The van der Waals surface area contributed by atoms with E-state index in [4.69, 9.17) is 18.0 Å². The minimum absolute atomic E-state index is 0.281. The molecule has 1 aromatic rings. The molecule has 0 saturated heterocycles. The van der Waals surface area contributed by atoms with Crippen LogP contribution in [0.25, 0.3) is 0 Å². The van der Waals surface area contributed by atoms with Crippen LogP contribution in [0, 0.1) is 5.82 Å². The molecule has 0 bridgehead atoms. The lowest BCUT2D eigenvalue weighted by molar-refractivity contribution is 0.0916. The second kappa shape index (κ2) is 6.83. The molecule has 0 unspecified atom stereocenters. The normalized spacial score (nSPS) is 17.8. The lowest BCUT2D eigenvalue weighted by Gasteiger charge is -2.33. The molecule has 0 atom stereocenters. The Kier molecular flexibility index (Phi) is 5.32. The molecular formula is C15H18BrFN2OS. The number of carbonyl (C=O) groups excluding carboxylic acids is 1. The average molecular weight is 373 g/mol. The van der Waals surface area contributed by atoms with Gasteiger partial charge >= 0.3 is 0 Å². The summed E-state index contributed by atoms with van der Waals surface area (Å²) in [6.07, 6.45) is 5.74. The minimum atomic E-state index is -0.628. The molecule has 1 fully saturated rings. The number of halogens is 2. The molecule has 1 amide bonds. The van der Waals surface area contributed by atoms with Crippen molar-refractivity contribution in [3.8, 4) is 0 Å². The van der Waals surface area contributed by atoms with E-state index in [9.17, 15) is 9.18 Å². The van der Waals surface area contributed by atoms with Gasteiger partial charge in [-0.05, 0) is 47.0 Å². The Morgan fingerprint density at radius 2 is 1.90 bits per heavy atom. The molecule has 0 heterocycles. The molecule has 1 saturated carbocycles. The van der Waals surface area contributed by atoms with Crippen molar-refractivity contribution < 1.29 is 9.18 Å². The Hall–Kier alpha value is -1.01.